The summed E-state index contributed by atoms with van der Waals surface area (Å²) < 4.78 is 30.1. The van der Waals surface area contributed by atoms with Crippen molar-refractivity contribution < 1.29 is 52.6 Å². The van der Waals surface area contributed by atoms with E-state index in [1.54, 1.807) is 18.6 Å². The SMILES string of the molecule is CC1CCC(c2cccc(Br)c2)N(C(=O)OC(C)(C)C)C1.CC1CCC(c2cccc(C3=CCN(C)CC3)c2)N(C(=O)OC(C)(C)C)C1.CC1CCC(c2cccc(C3CCN(C)CC3)c2)N(C(=O)OC(C)(C)C)C1.CC1CCC(c2cccc(C3CCN(C)CC3)c2)NC1.CN1CC=C(B2OC(C)(C)C(C)(C)O2)CC1.Cc1cc(NC(=O)C(=O)O)cnc1N. The van der Waals surface area contributed by atoms with Crippen LogP contribution >= 0.6 is 15.9 Å². The molecule has 22 nitrogen and oxygen atoms in total. The largest absolute Gasteiger partial charge is 0.490 e. The number of aromatic nitrogens is 1. The molecule has 24 heteroatoms. The summed E-state index contributed by atoms with van der Waals surface area (Å²) in [6.45, 7) is 48.9. The highest BCUT2D eigenvalue weighted by Gasteiger charge is 2.52. The van der Waals surface area contributed by atoms with E-state index in [4.69, 9.17) is 34.4 Å². The Morgan fingerprint density at radius 2 is 0.920 bits per heavy atom. The first-order valence-corrected chi connectivity index (χ1v) is 47.1. The highest BCUT2D eigenvalue weighted by atomic mass is 79.9. The Balaban J connectivity index is 0.000000172. The summed E-state index contributed by atoms with van der Waals surface area (Å²) in [7, 11) is 8.59. The van der Waals surface area contributed by atoms with Gasteiger partial charge in [-0.15, -0.1) is 0 Å². The number of halogens is 1. The highest BCUT2D eigenvalue weighted by molar-refractivity contribution is 9.10. The number of nitrogens with one attached hydrogen (secondary N) is 2. The third kappa shape index (κ3) is 31.3. The van der Waals surface area contributed by atoms with E-state index in [1.165, 1.54) is 122 Å². The normalized spacial score (nSPS) is 24.2. The molecule has 4 aromatic carbocycles. The number of carboxylic acids is 1. The first-order valence-electron chi connectivity index (χ1n) is 46.3. The van der Waals surface area contributed by atoms with Crippen LogP contribution in [0.4, 0.5) is 25.9 Å². The van der Waals surface area contributed by atoms with Gasteiger partial charge in [0.2, 0.25) is 0 Å². The lowest BCUT2D eigenvalue weighted by Crippen LogP contribution is -2.44. The van der Waals surface area contributed by atoms with Crippen LogP contribution in [0, 0.1) is 30.6 Å². The number of likely N-dealkylation sites (tertiary alicyclic amines) is 5. The minimum Gasteiger partial charge on any atom is -0.474 e. The number of carboxylic acid groups (broad SMARTS) is 1. The average Bonchev–Trinajstić information content (AvgIpc) is 1.63. The number of amides is 4. The van der Waals surface area contributed by atoms with Gasteiger partial charge in [-0.05, 0) is 363 Å². The fourth-order valence-electron chi connectivity index (χ4n) is 17.6. The van der Waals surface area contributed by atoms with Crippen LogP contribution in [0.1, 0.15) is 288 Å². The second kappa shape index (κ2) is 45.5. The van der Waals surface area contributed by atoms with E-state index in [0.717, 1.165) is 113 Å². The van der Waals surface area contributed by atoms with Crippen molar-refractivity contribution in [1.82, 2.24) is 44.6 Å². The van der Waals surface area contributed by atoms with E-state index in [2.05, 4.69) is 232 Å². The number of ether oxygens (including phenoxy) is 3. The van der Waals surface area contributed by atoms with E-state index >= 15 is 0 Å². The lowest BCUT2D eigenvalue weighted by atomic mass is 9.75. The van der Waals surface area contributed by atoms with Gasteiger partial charge in [-0.1, -0.05) is 135 Å². The predicted octanol–water partition coefficient (Wildman–Crippen LogP) is 20.9. The van der Waals surface area contributed by atoms with Crippen LogP contribution in [0.2, 0.25) is 0 Å². The van der Waals surface area contributed by atoms with E-state index in [1.807, 2.05) is 89.1 Å². The molecule has 688 valence electrons. The molecule has 0 bridgehead atoms. The summed E-state index contributed by atoms with van der Waals surface area (Å²) in [5.41, 5.74) is 16.8. The van der Waals surface area contributed by atoms with Crippen LogP contribution < -0.4 is 16.4 Å². The van der Waals surface area contributed by atoms with Crippen LogP contribution in [-0.2, 0) is 33.1 Å². The third-order valence-electron chi connectivity index (χ3n) is 25.8. The first kappa shape index (κ1) is 101. The number of piperidine rings is 6. The second-order valence-corrected chi connectivity index (χ2v) is 42.0. The van der Waals surface area contributed by atoms with Crippen molar-refractivity contribution in [1.29, 1.82) is 0 Å². The van der Waals surface area contributed by atoms with Gasteiger partial charge in [0, 0.05) is 56.3 Å². The number of carbonyl (C=O) groups is 5. The second-order valence-electron chi connectivity index (χ2n) is 41.1. The zero-order chi connectivity index (χ0) is 91.5. The molecule has 7 fully saturated rings. The van der Waals surface area contributed by atoms with Crippen LogP contribution in [-0.4, -0.2) is 216 Å². The standard InChI is InChI=1S/C23H36N2O2.C23H34N2O2.C18H28N2.C17H24BrNO2.C12H22BNO2.C8H9N3O3/c2*1-17-9-10-21(25(16-17)22(26)27-23(2,3)4)20-8-6-7-19(15-20)18-11-13-24(5)14-12-18;1-14-6-7-18(19-13-14)17-5-3-4-16(12-17)15-8-10-20(2)11-9-15;1-12-8-9-15(13-6-5-7-14(18)10-13)19(11-12)16(20)21-17(2,3)4;1-11(2)12(3,4)16-13(15-11)10-6-8-14(5)9-7-10;1-4-2-5(3-10-6(4)9)11-7(12)8(13)14/h6-8,15,17-18,21H,9-14,16H2,1-5H3;6-8,11,15,17,21H,9-10,12-14,16H2,1-5H3;3-5,12,14-15,18-19H,6-11,13H2,1-2H3;5-7,10,12,15H,8-9,11H2,1-4H3;6H,7-9H2,1-5H3;2-3H,1H3,(H2,9,10)(H,11,12)(H,13,14). The number of hydrogen-bond acceptors (Lipinski definition) is 17. The van der Waals surface area contributed by atoms with E-state index in [9.17, 15) is 24.0 Å². The van der Waals surface area contributed by atoms with E-state index in [0.29, 0.717) is 46.8 Å². The van der Waals surface area contributed by atoms with Gasteiger partial charge in [0.15, 0.2) is 0 Å². The molecule has 5 N–H and O–H groups in total. The number of nitrogens with zero attached hydrogens (tertiary/aromatic N) is 8. The zero-order valence-electron chi connectivity index (χ0n) is 79.8. The number of carbonyl (C=O) groups excluding carboxylic acids is 4. The Kier molecular flexibility index (Phi) is 36.8. The van der Waals surface area contributed by atoms with Gasteiger partial charge in [0.05, 0.1) is 41.2 Å². The lowest BCUT2D eigenvalue weighted by Gasteiger charge is -2.40. The summed E-state index contributed by atoms with van der Waals surface area (Å²) in [6.07, 6.45) is 21.6. The number of nitrogen functional groups attached to an aromatic ring is 1. The Labute approximate surface area is 758 Å². The minimum absolute atomic E-state index is 0.0999. The maximum Gasteiger partial charge on any atom is 0.490 e. The number of rotatable bonds is 9. The van der Waals surface area contributed by atoms with Crippen LogP contribution in [0.25, 0.3) is 5.57 Å². The lowest BCUT2D eigenvalue weighted by molar-refractivity contribution is -0.147. The number of likely N-dealkylation sites (N-methyl/N-ethyl adjacent to an activating group) is 2. The summed E-state index contributed by atoms with van der Waals surface area (Å²) in [6, 6.07) is 37.8. The monoisotopic (exact) mass is 1790 g/mol. The Morgan fingerprint density at radius 1 is 0.512 bits per heavy atom. The molecule has 10 heterocycles. The summed E-state index contributed by atoms with van der Waals surface area (Å²) in [5.74, 6) is 1.49. The van der Waals surface area contributed by atoms with Crippen molar-refractivity contribution in [3.8, 4) is 0 Å². The smallest absolute Gasteiger partial charge is 0.474 e. The first-order chi connectivity index (χ1) is 58.8. The van der Waals surface area contributed by atoms with Gasteiger partial charge in [0.1, 0.15) is 22.6 Å². The van der Waals surface area contributed by atoms with Crippen molar-refractivity contribution in [2.75, 3.05) is 118 Å². The van der Waals surface area contributed by atoms with Gasteiger partial charge < -0.3 is 79.3 Å². The maximum absolute atomic E-state index is 12.9. The van der Waals surface area contributed by atoms with Crippen molar-refractivity contribution in [3.05, 3.63) is 176 Å². The summed E-state index contributed by atoms with van der Waals surface area (Å²) >= 11 is 3.51. The molecule has 0 saturated carbocycles. The fourth-order valence-corrected chi connectivity index (χ4v) is 18.0. The topological polar surface area (TPSA) is 237 Å². The van der Waals surface area contributed by atoms with Crippen LogP contribution in [0.15, 0.2) is 131 Å². The van der Waals surface area contributed by atoms with Crippen molar-refractivity contribution >= 4 is 70.3 Å². The van der Waals surface area contributed by atoms with E-state index in [-0.39, 0.29) is 54.7 Å². The number of nitrogens with two attached hydrogens (primary N) is 1. The molecule has 0 spiro atoms. The van der Waals surface area contributed by atoms with Gasteiger partial charge in [-0.3, -0.25) is 4.79 Å². The minimum atomic E-state index is -1.54. The third-order valence-corrected chi connectivity index (χ3v) is 26.3. The molecular formula is C101H153BBrN11O11. The number of benzene rings is 4. The van der Waals surface area contributed by atoms with Gasteiger partial charge in [-0.2, -0.15) is 0 Å². The molecule has 5 aromatic rings. The zero-order valence-corrected chi connectivity index (χ0v) is 81.4. The molecule has 9 aliphatic rings. The number of pyridine rings is 1. The molecular weight excluding hydrogens is 1630 g/mol. The van der Waals surface area contributed by atoms with Crippen molar-refractivity contribution in [2.45, 2.75) is 279 Å². The summed E-state index contributed by atoms with van der Waals surface area (Å²) in [5, 5.41) is 14.2. The quantitative estimate of drug-likeness (QED) is 0.0609. The Hall–Kier alpha value is -7.68. The molecule has 8 unspecified atom stereocenters. The molecule has 14 rings (SSSR count). The average molecular weight is 1790 g/mol. The van der Waals surface area contributed by atoms with Gasteiger partial charge in [0.25, 0.3) is 0 Å². The molecule has 4 amide bonds. The molecule has 9 aliphatic heterocycles. The van der Waals surface area contributed by atoms with E-state index < -0.39 is 28.7 Å². The number of aliphatic carboxylic acids is 1. The highest BCUT2D eigenvalue weighted by Crippen LogP contribution is 2.43. The van der Waals surface area contributed by atoms with Gasteiger partial charge in [-0.25, -0.2) is 24.2 Å². The number of aryl methyl sites for hydroxylation is 1. The van der Waals surface area contributed by atoms with Crippen LogP contribution in [0.5, 0.6) is 0 Å². The molecule has 0 radical (unpaired) electrons. The summed E-state index contributed by atoms with van der Waals surface area (Å²) in [4.78, 5) is 78.2. The molecule has 1 aromatic heterocycles. The predicted molar refractivity (Wildman–Crippen MR) is 510 cm³/mol. The molecule has 7 saturated heterocycles. The molecule has 125 heavy (non-hydrogen) atoms. The number of hydrogen-bond donors (Lipinski definition) is 4. The van der Waals surface area contributed by atoms with Crippen molar-refractivity contribution in [2.24, 2.45) is 23.7 Å². The number of anilines is 2. The molecule has 0 aliphatic carbocycles. The van der Waals surface area contributed by atoms with Crippen LogP contribution in [0.3, 0.4) is 0 Å². The maximum atomic E-state index is 12.9. The Bertz CT molecular complexity index is 4350. The van der Waals surface area contributed by atoms with Crippen molar-refractivity contribution in [3.63, 3.8) is 0 Å². The fraction of sp³-hybridized carbons (Fsp3) is 0.624. The van der Waals surface area contributed by atoms with Gasteiger partial charge >= 0.3 is 37.3 Å². The Morgan fingerprint density at radius 3 is 1.33 bits per heavy atom. The molecule has 8 atom stereocenters.